The Morgan fingerprint density at radius 2 is 1.79 bits per heavy atom. The molecule has 5 rings (SSSR count). The van der Waals surface area contributed by atoms with Crippen molar-refractivity contribution >= 4 is 11.8 Å². The first kappa shape index (κ1) is 18.4. The Bertz CT molecular complexity index is 914. The van der Waals surface area contributed by atoms with Gasteiger partial charge in [-0.25, -0.2) is 0 Å². The molecule has 2 aromatic rings. The molecule has 0 radical (unpaired) electrons. The van der Waals surface area contributed by atoms with Gasteiger partial charge in [0, 0.05) is 38.6 Å². The highest BCUT2D eigenvalue weighted by Crippen LogP contribution is 2.41. The minimum absolute atomic E-state index is 0.152. The van der Waals surface area contributed by atoms with Gasteiger partial charge in [-0.15, -0.1) is 0 Å². The molecule has 3 fully saturated rings. The van der Waals surface area contributed by atoms with Gasteiger partial charge in [-0.3, -0.25) is 29.3 Å². The Morgan fingerprint density at radius 3 is 2.52 bits per heavy atom. The van der Waals surface area contributed by atoms with Crippen molar-refractivity contribution in [2.24, 2.45) is 0 Å². The molecular formula is C22H24N4O3. The first-order chi connectivity index (χ1) is 14.1. The van der Waals surface area contributed by atoms with Crippen LogP contribution in [0.2, 0.25) is 0 Å². The van der Waals surface area contributed by atoms with E-state index >= 15 is 0 Å². The summed E-state index contributed by atoms with van der Waals surface area (Å²) < 4.78 is 0. The summed E-state index contributed by atoms with van der Waals surface area (Å²) in [4.78, 5) is 36.3. The summed E-state index contributed by atoms with van der Waals surface area (Å²) in [7, 11) is 0. The highest BCUT2D eigenvalue weighted by Gasteiger charge is 2.64. The lowest BCUT2D eigenvalue weighted by molar-refractivity contribution is -0.181. The first-order valence-corrected chi connectivity index (χ1v) is 10.0. The number of aliphatic hydroxyl groups is 1. The predicted molar refractivity (Wildman–Crippen MR) is 105 cm³/mol. The van der Waals surface area contributed by atoms with Crippen LogP contribution in [0.25, 0.3) is 0 Å². The Hall–Kier alpha value is -2.61. The normalized spacial score (nSPS) is 26.6. The number of amides is 2. The lowest BCUT2D eigenvalue weighted by atomic mass is 9.82. The molecule has 3 aliphatic heterocycles. The first-order valence-electron chi connectivity index (χ1n) is 10.0. The van der Waals surface area contributed by atoms with Crippen molar-refractivity contribution < 1.29 is 14.7 Å². The van der Waals surface area contributed by atoms with Crippen LogP contribution in [0.1, 0.15) is 17.5 Å². The van der Waals surface area contributed by atoms with E-state index in [1.165, 1.54) is 10.5 Å². The number of aromatic nitrogens is 1. The molecule has 0 unspecified atom stereocenters. The zero-order valence-corrected chi connectivity index (χ0v) is 16.1. The maximum atomic E-state index is 13.5. The molecule has 1 aromatic heterocycles. The Balaban J connectivity index is 1.40. The van der Waals surface area contributed by atoms with Gasteiger partial charge < -0.3 is 5.11 Å². The number of benzene rings is 1. The third kappa shape index (κ3) is 3.06. The van der Waals surface area contributed by atoms with Crippen LogP contribution in [0.15, 0.2) is 54.9 Å². The summed E-state index contributed by atoms with van der Waals surface area (Å²) in [6.45, 7) is 2.52. The molecule has 0 aliphatic carbocycles. The summed E-state index contributed by atoms with van der Waals surface area (Å²) in [5, 5.41) is 10.2. The van der Waals surface area contributed by atoms with Gasteiger partial charge in [0.1, 0.15) is 5.54 Å². The molecule has 2 amide bonds. The van der Waals surface area contributed by atoms with E-state index in [0.717, 1.165) is 12.1 Å². The second-order valence-corrected chi connectivity index (χ2v) is 8.31. The standard InChI is InChI=1S/C22H24N4O3/c27-18-9-19-20(28)25(12-17-7-4-8-23-10-17)21(29)22(26(19)13-18)14-24(15-22)11-16-5-2-1-3-6-16/h1-8,10,18-19,27H,9,11-15H2/t18-,19+/m1/s1. The highest BCUT2D eigenvalue weighted by atomic mass is 16.3. The molecule has 3 saturated heterocycles. The van der Waals surface area contributed by atoms with Crippen LogP contribution in [0.3, 0.4) is 0 Å². The van der Waals surface area contributed by atoms with E-state index in [-0.39, 0.29) is 18.4 Å². The summed E-state index contributed by atoms with van der Waals surface area (Å²) in [5.41, 5.74) is 1.30. The van der Waals surface area contributed by atoms with Gasteiger partial charge >= 0.3 is 0 Å². The van der Waals surface area contributed by atoms with E-state index in [9.17, 15) is 14.7 Å². The van der Waals surface area contributed by atoms with E-state index < -0.39 is 17.7 Å². The fourth-order valence-electron chi connectivity index (χ4n) is 4.96. The molecule has 1 N–H and O–H groups in total. The maximum Gasteiger partial charge on any atom is 0.252 e. The fraction of sp³-hybridized carbons (Fsp3) is 0.409. The summed E-state index contributed by atoms with van der Waals surface area (Å²) in [6.07, 6.45) is 3.17. The van der Waals surface area contributed by atoms with Crippen LogP contribution in [0, 0.1) is 0 Å². The van der Waals surface area contributed by atoms with Crippen LogP contribution in [0.4, 0.5) is 0 Å². The maximum absolute atomic E-state index is 13.5. The van der Waals surface area contributed by atoms with Crippen molar-refractivity contribution in [3.8, 4) is 0 Å². The Labute approximate surface area is 169 Å². The lowest BCUT2D eigenvalue weighted by Crippen LogP contribution is -2.81. The third-order valence-electron chi connectivity index (χ3n) is 6.31. The zero-order valence-electron chi connectivity index (χ0n) is 16.1. The van der Waals surface area contributed by atoms with Crippen LogP contribution >= 0.6 is 0 Å². The summed E-state index contributed by atoms with van der Waals surface area (Å²) in [5.74, 6) is -0.358. The number of carbonyl (C=O) groups excluding carboxylic acids is 2. The average Bonchev–Trinajstić information content (AvgIpc) is 3.10. The second kappa shape index (κ2) is 7.02. The number of aliphatic hydroxyl groups excluding tert-OH is 1. The number of fused-ring (bicyclic) bond motifs is 2. The van der Waals surface area contributed by atoms with Gasteiger partial charge in [-0.05, 0) is 23.6 Å². The minimum Gasteiger partial charge on any atom is -0.392 e. The monoisotopic (exact) mass is 392 g/mol. The fourth-order valence-corrected chi connectivity index (χ4v) is 4.96. The van der Waals surface area contributed by atoms with E-state index in [2.05, 4.69) is 22.0 Å². The number of rotatable bonds is 4. The van der Waals surface area contributed by atoms with Gasteiger partial charge in [0.25, 0.3) is 5.91 Å². The zero-order chi connectivity index (χ0) is 20.0. The Kier molecular flexibility index (Phi) is 4.46. The number of likely N-dealkylation sites (tertiary alicyclic amines) is 1. The number of hydrogen-bond acceptors (Lipinski definition) is 6. The number of carbonyl (C=O) groups is 2. The molecule has 4 heterocycles. The van der Waals surface area contributed by atoms with Gasteiger partial charge in [-0.2, -0.15) is 0 Å². The molecule has 0 saturated carbocycles. The van der Waals surface area contributed by atoms with Crippen molar-refractivity contribution in [2.45, 2.75) is 37.2 Å². The lowest BCUT2D eigenvalue weighted by Gasteiger charge is -2.58. The van der Waals surface area contributed by atoms with Crippen molar-refractivity contribution in [3.05, 3.63) is 66.0 Å². The largest absolute Gasteiger partial charge is 0.392 e. The number of imide groups is 1. The van der Waals surface area contributed by atoms with E-state index in [0.29, 0.717) is 26.1 Å². The second-order valence-electron chi connectivity index (χ2n) is 8.31. The molecule has 1 spiro atoms. The van der Waals surface area contributed by atoms with Gasteiger partial charge in [0.05, 0.1) is 18.7 Å². The number of piperazine rings is 1. The molecule has 7 nitrogen and oxygen atoms in total. The molecule has 3 aliphatic rings. The van der Waals surface area contributed by atoms with Gasteiger partial charge in [0.2, 0.25) is 5.91 Å². The van der Waals surface area contributed by atoms with Gasteiger partial charge in [-0.1, -0.05) is 36.4 Å². The van der Waals surface area contributed by atoms with Crippen molar-refractivity contribution in [1.29, 1.82) is 0 Å². The highest BCUT2D eigenvalue weighted by molar-refractivity contribution is 6.06. The molecule has 7 heteroatoms. The number of pyridine rings is 1. The van der Waals surface area contributed by atoms with Crippen molar-refractivity contribution in [2.75, 3.05) is 19.6 Å². The summed E-state index contributed by atoms with van der Waals surface area (Å²) in [6, 6.07) is 13.4. The molecule has 150 valence electrons. The van der Waals surface area contributed by atoms with Crippen molar-refractivity contribution in [1.82, 2.24) is 19.7 Å². The average molecular weight is 392 g/mol. The predicted octanol–water partition coefficient (Wildman–Crippen LogP) is 0.640. The minimum atomic E-state index is -0.729. The van der Waals surface area contributed by atoms with E-state index in [1.54, 1.807) is 18.5 Å². The molecule has 29 heavy (non-hydrogen) atoms. The third-order valence-corrected chi connectivity index (χ3v) is 6.31. The number of hydrogen-bond donors (Lipinski definition) is 1. The topological polar surface area (TPSA) is 77.0 Å². The van der Waals surface area contributed by atoms with Crippen LogP contribution < -0.4 is 0 Å². The van der Waals surface area contributed by atoms with Crippen LogP contribution in [0.5, 0.6) is 0 Å². The van der Waals surface area contributed by atoms with E-state index in [1.807, 2.05) is 29.2 Å². The SMILES string of the molecule is O=C1[C@@H]2C[C@@H](O)CN2C2(CN(Cc3ccccc3)C2)C(=O)N1Cc1cccnc1. The van der Waals surface area contributed by atoms with Crippen LogP contribution in [-0.2, 0) is 22.7 Å². The molecular weight excluding hydrogens is 368 g/mol. The smallest absolute Gasteiger partial charge is 0.252 e. The summed E-state index contributed by atoms with van der Waals surface area (Å²) >= 11 is 0. The van der Waals surface area contributed by atoms with Crippen molar-refractivity contribution in [3.63, 3.8) is 0 Å². The van der Waals surface area contributed by atoms with Crippen LogP contribution in [-0.4, -0.2) is 73.9 Å². The molecule has 0 bridgehead atoms. The van der Waals surface area contributed by atoms with E-state index in [4.69, 9.17) is 0 Å². The number of nitrogens with zero attached hydrogens (tertiary/aromatic N) is 4. The number of β-amino-alcohol motifs (C(OH)–C–C–N with tert-alkyl or cyclic N) is 1. The molecule has 1 aromatic carbocycles. The van der Waals surface area contributed by atoms with Gasteiger partial charge in [0.15, 0.2) is 0 Å². The quantitative estimate of drug-likeness (QED) is 0.770. The Morgan fingerprint density at radius 1 is 1.03 bits per heavy atom. The molecule has 2 atom stereocenters.